The lowest BCUT2D eigenvalue weighted by atomic mass is 9.77. The van der Waals surface area contributed by atoms with Crippen molar-refractivity contribution in [2.24, 2.45) is 5.92 Å². The zero-order chi connectivity index (χ0) is 13.9. The third-order valence-corrected chi connectivity index (χ3v) is 4.37. The number of carbonyl (C=O) groups is 1. The fourth-order valence-corrected chi connectivity index (χ4v) is 3.18. The van der Waals surface area contributed by atoms with E-state index in [4.69, 9.17) is 4.74 Å². The van der Waals surface area contributed by atoms with Gasteiger partial charge in [-0.2, -0.15) is 0 Å². The summed E-state index contributed by atoms with van der Waals surface area (Å²) in [6, 6.07) is 8.63. The monoisotopic (exact) mass is 274 g/mol. The standard InChI is InChI=1S/C16H22N2O2/c1-2-17-15-10-20-9-14(15)16(19)18-8-12-7-11-5-3-4-6-13(11)12/h3-6,12,14-15,17H,2,7-10H2,1H3,(H,18,19). The highest BCUT2D eigenvalue weighted by atomic mass is 16.5. The van der Waals surface area contributed by atoms with Gasteiger partial charge in [-0.3, -0.25) is 4.79 Å². The van der Waals surface area contributed by atoms with Gasteiger partial charge in [-0.05, 0) is 24.1 Å². The van der Waals surface area contributed by atoms with Crippen LogP contribution < -0.4 is 10.6 Å². The minimum atomic E-state index is -0.0507. The van der Waals surface area contributed by atoms with Gasteiger partial charge < -0.3 is 15.4 Å². The summed E-state index contributed by atoms with van der Waals surface area (Å²) in [7, 11) is 0. The largest absolute Gasteiger partial charge is 0.379 e. The van der Waals surface area contributed by atoms with Crippen molar-refractivity contribution in [2.45, 2.75) is 25.3 Å². The predicted molar refractivity (Wildman–Crippen MR) is 77.7 cm³/mol. The summed E-state index contributed by atoms with van der Waals surface area (Å²) in [6.07, 6.45) is 1.08. The smallest absolute Gasteiger partial charge is 0.227 e. The lowest BCUT2D eigenvalue weighted by Gasteiger charge is -2.30. The molecule has 1 aromatic rings. The van der Waals surface area contributed by atoms with E-state index in [2.05, 4.69) is 41.8 Å². The number of ether oxygens (including phenoxy) is 1. The fourth-order valence-electron chi connectivity index (χ4n) is 3.18. The molecule has 3 atom stereocenters. The van der Waals surface area contributed by atoms with Gasteiger partial charge in [0.15, 0.2) is 0 Å². The number of carbonyl (C=O) groups excluding carboxylic acids is 1. The van der Waals surface area contributed by atoms with E-state index in [-0.39, 0.29) is 17.9 Å². The number of hydrogen-bond donors (Lipinski definition) is 2. The highest BCUT2D eigenvalue weighted by molar-refractivity contribution is 5.80. The van der Waals surface area contributed by atoms with E-state index < -0.39 is 0 Å². The molecule has 0 saturated carbocycles. The Morgan fingerprint density at radius 2 is 2.20 bits per heavy atom. The molecule has 0 bridgehead atoms. The lowest BCUT2D eigenvalue weighted by molar-refractivity contribution is -0.125. The summed E-state index contributed by atoms with van der Waals surface area (Å²) in [5, 5.41) is 6.42. The molecule has 1 saturated heterocycles. The lowest BCUT2D eigenvalue weighted by Crippen LogP contribution is -2.45. The van der Waals surface area contributed by atoms with E-state index in [0.717, 1.165) is 19.5 Å². The Balaban J connectivity index is 1.51. The molecule has 4 heteroatoms. The predicted octanol–water partition coefficient (Wildman–Crippen LogP) is 1.07. The number of benzene rings is 1. The molecular weight excluding hydrogens is 252 g/mol. The van der Waals surface area contributed by atoms with Crippen LogP contribution in [0.5, 0.6) is 0 Å². The van der Waals surface area contributed by atoms with Crippen LogP contribution in [0, 0.1) is 5.92 Å². The highest BCUT2D eigenvalue weighted by Gasteiger charge is 2.34. The SMILES string of the molecule is CCNC1COCC1C(=O)NCC1Cc2ccccc21. The second kappa shape index (κ2) is 5.94. The Morgan fingerprint density at radius 1 is 1.35 bits per heavy atom. The van der Waals surface area contributed by atoms with Crippen molar-refractivity contribution in [3.05, 3.63) is 35.4 Å². The van der Waals surface area contributed by atoms with Gasteiger partial charge in [0.25, 0.3) is 0 Å². The van der Waals surface area contributed by atoms with E-state index in [1.54, 1.807) is 0 Å². The van der Waals surface area contributed by atoms with Gasteiger partial charge in [-0.15, -0.1) is 0 Å². The first-order valence-electron chi connectivity index (χ1n) is 7.46. The van der Waals surface area contributed by atoms with Crippen LogP contribution in [-0.4, -0.2) is 38.3 Å². The molecule has 0 spiro atoms. The van der Waals surface area contributed by atoms with Crippen molar-refractivity contribution < 1.29 is 9.53 Å². The maximum atomic E-state index is 12.3. The zero-order valence-electron chi connectivity index (χ0n) is 11.9. The van der Waals surface area contributed by atoms with Crippen LogP contribution in [0.15, 0.2) is 24.3 Å². The molecule has 1 aromatic carbocycles. The quantitative estimate of drug-likeness (QED) is 0.844. The molecule has 3 unspecified atom stereocenters. The zero-order valence-corrected chi connectivity index (χ0v) is 11.9. The Hall–Kier alpha value is -1.39. The van der Waals surface area contributed by atoms with E-state index in [0.29, 0.717) is 19.1 Å². The van der Waals surface area contributed by atoms with Crippen LogP contribution >= 0.6 is 0 Å². The number of nitrogens with one attached hydrogen (secondary N) is 2. The summed E-state index contributed by atoms with van der Waals surface area (Å²) in [6.45, 7) is 4.83. The Morgan fingerprint density at radius 3 is 3.00 bits per heavy atom. The minimum Gasteiger partial charge on any atom is -0.379 e. The van der Waals surface area contributed by atoms with E-state index >= 15 is 0 Å². The Kier molecular flexibility index (Phi) is 4.03. The normalized spacial score (nSPS) is 27.8. The number of fused-ring (bicyclic) bond motifs is 1. The molecule has 1 fully saturated rings. The molecular formula is C16H22N2O2. The van der Waals surface area contributed by atoms with Crippen LogP contribution in [0.25, 0.3) is 0 Å². The maximum absolute atomic E-state index is 12.3. The molecule has 1 aliphatic carbocycles. The van der Waals surface area contributed by atoms with E-state index in [1.165, 1.54) is 11.1 Å². The van der Waals surface area contributed by atoms with Crippen molar-refractivity contribution in [3.63, 3.8) is 0 Å². The van der Waals surface area contributed by atoms with Crippen molar-refractivity contribution in [1.29, 1.82) is 0 Å². The van der Waals surface area contributed by atoms with Gasteiger partial charge in [0, 0.05) is 18.5 Å². The third-order valence-electron chi connectivity index (χ3n) is 4.37. The van der Waals surface area contributed by atoms with Gasteiger partial charge in [-0.25, -0.2) is 0 Å². The van der Waals surface area contributed by atoms with Crippen LogP contribution in [0.3, 0.4) is 0 Å². The number of hydrogen-bond acceptors (Lipinski definition) is 3. The number of rotatable bonds is 5. The first-order valence-corrected chi connectivity index (χ1v) is 7.46. The molecule has 20 heavy (non-hydrogen) atoms. The minimum absolute atomic E-state index is 0.0507. The molecule has 1 heterocycles. The summed E-state index contributed by atoms with van der Waals surface area (Å²) < 4.78 is 5.42. The van der Waals surface area contributed by atoms with Crippen molar-refractivity contribution >= 4 is 5.91 Å². The summed E-state index contributed by atoms with van der Waals surface area (Å²) in [4.78, 5) is 12.3. The van der Waals surface area contributed by atoms with E-state index in [9.17, 15) is 4.79 Å². The maximum Gasteiger partial charge on any atom is 0.227 e. The summed E-state index contributed by atoms with van der Waals surface area (Å²) in [5.41, 5.74) is 2.81. The average molecular weight is 274 g/mol. The van der Waals surface area contributed by atoms with Crippen LogP contribution in [0.2, 0.25) is 0 Å². The molecule has 2 aliphatic rings. The number of amides is 1. The topological polar surface area (TPSA) is 50.4 Å². The van der Waals surface area contributed by atoms with Crippen LogP contribution in [0.4, 0.5) is 0 Å². The van der Waals surface area contributed by atoms with Crippen LogP contribution in [-0.2, 0) is 16.0 Å². The molecule has 2 N–H and O–H groups in total. The molecule has 4 nitrogen and oxygen atoms in total. The molecule has 1 aliphatic heterocycles. The molecule has 3 rings (SSSR count). The van der Waals surface area contributed by atoms with Crippen molar-refractivity contribution in [3.8, 4) is 0 Å². The molecule has 0 aromatic heterocycles. The first-order chi connectivity index (χ1) is 9.79. The summed E-state index contributed by atoms with van der Waals surface area (Å²) >= 11 is 0. The Labute approximate surface area is 119 Å². The number of likely N-dealkylation sites (N-methyl/N-ethyl adjacent to an activating group) is 1. The summed E-state index contributed by atoms with van der Waals surface area (Å²) in [5.74, 6) is 0.554. The van der Waals surface area contributed by atoms with Crippen molar-refractivity contribution in [1.82, 2.24) is 10.6 Å². The average Bonchev–Trinajstić information content (AvgIpc) is 2.88. The van der Waals surface area contributed by atoms with Gasteiger partial charge in [0.05, 0.1) is 19.1 Å². The van der Waals surface area contributed by atoms with Crippen LogP contribution in [0.1, 0.15) is 24.0 Å². The van der Waals surface area contributed by atoms with Gasteiger partial charge in [0.1, 0.15) is 0 Å². The second-order valence-corrected chi connectivity index (χ2v) is 5.65. The third kappa shape index (κ3) is 2.58. The second-order valence-electron chi connectivity index (χ2n) is 5.65. The molecule has 108 valence electrons. The molecule has 0 radical (unpaired) electrons. The van der Waals surface area contributed by atoms with Gasteiger partial charge in [-0.1, -0.05) is 31.2 Å². The fraction of sp³-hybridized carbons (Fsp3) is 0.562. The Bertz CT molecular complexity index is 489. The van der Waals surface area contributed by atoms with Gasteiger partial charge in [0.2, 0.25) is 5.91 Å². The van der Waals surface area contributed by atoms with Gasteiger partial charge >= 0.3 is 0 Å². The highest BCUT2D eigenvalue weighted by Crippen LogP contribution is 2.34. The van der Waals surface area contributed by atoms with Crippen molar-refractivity contribution in [2.75, 3.05) is 26.3 Å². The molecule has 1 amide bonds. The van der Waals surface area contributed by atoms with E-state index in [1.807, 2.05) is 0 Å². The first kappa shape index (κ1) is 13.6.